The van der Waals surface area contributed by atoms with Crippen molar-refractivity contribution in [3.8, 4) is 0 Å². The third-order valence-electron chi connectivity index (χ3n) is 2.54. The van der Waals surface area contributed by atoms with Gasteiger partial charge in [0, 0.05) is 25.2 Å². The van der Waals surface area contributed by atoms with Crippen LogP contribution in [0.2, 0.25) is 0 Å². The number of nitrogens with one attached hydrogen (secondary N) is 1. The van der Waals surface area contributed by atoms with E-state index >= 15 is 0 Å². The Morgan fingerprint density at radius 3 is 2.80 bits per heavy atom. The van der Waals surface area contributed by atoms with Crippen molar-refractivity contribution in [2.45, 2.75) is 39.8 Å². The molecule has 0 bridgehead atoms. The maximum absolute atomic E-state index is 11.7. The molecule has 2 atom stereocenters. The Kier molecular flexibility index (Phi) is 4.39. The maximum atomic E-state index is 11.7. The van der Waals surface area contributed by atoms with Gasteiger partial charge in [-0.2, -0.15) is 0 Å². The average Bonchev–Trinajstić information content (AvgIpc) is 2.18. The number of hydrogen-bond donors (Lipinski definition) is 1. The van der Waals surface area contributed by atoms with Gasteiger partial charge in [-0.25, -0.2) is 4.79 Å². The van der Waals surface area contributed by atoms with E-state index in [9.17, 15) is 4.79 Å². The van der Waals surface area contributed by atoms with Crippen molar-refractivity contribution in [3.63, 3.8) is 0 Å². The molecule has 4 heteroatoms. The van der Waals surface area contributed by atoms with Crippen LogP contribution in [-0.4, -0.2) is 42.8 Å². The summed E-state index contributed by atoms with van der Waals surface area (Å²) < 4.78 is 5.22. The van der Waals surface area contributed by atoms with Gasteiger partial charge in [0.05, 0.1) is 6.61 Å². The van der Waals surface area contributed by atoms with Gasteiger partial charge in [0.1, 0.15) is 0 Å². The number of hydrogen-bond acceptors (Lipinski definition) is 3. The van der Waals surface area contributed by atoms with Crippen molar-refractivity contribution < 1.29 is 9.53 Å². The van der Waals surface area contributed by atoms with E-state index in [2.05, 4.69) is 12.2 Å². The molecule has 1 saturated heterocycles. The Labute approximate surface area is 92.0 Å². The smallest absolute Gasteiger partial charge is 0.410 e. The summed E-state index contributed by atoms with van der Waals surface area (Å²) in [5, 5.41) is 3.33. The molecule has 0 radical (unpaired) electrons. The minimum absolute atomic E-state index is 0.176. The molecule has 1 N–H and O–H groups in total. The summed E-state index contributed by atoms with van der Waals surface area (Å²) in [6, 6.07) is 0.577. The largest absolute Gasteiger partial charge is 0.449 e. The summed E-state index contributed by atoms with van der Waals surface area (Å²) in [7, 11) is 0. The first-order chi connectivity index (χ1) is 7.00. The van der Waals surface area contributed by atoms with E-state index in [0.29, 0.717) is 18.6 Å². The summed E-state index contributed by atoms with van der Waals surface area (Å²) in [5.41, 5.74) is 0. The van der Waals surface area contributed by atoms with Crippen molar-refractivity contribution in [2.75, 3.05) is 19.7 Å². The average molecular weight is 214 g/mol. The van der Waals surface area contributed by atoms with Crippen LogP contribution in [0.25, 0.3) is 0 Å². The number of amides is 1. The van der Waals surface area contributed by atoms with E-state index in [1.165, 1.54) is 0 Å². The molecule has 0 spiro atoms. The molecule has 1 amide bonds. The van der Waals surface area contributed by atoms with Crippen molar-refractivity contribution in [3.05, 3.63) is 0 Å². The third kappa shape index (κ3) is 3.70. The molecule has 0 aromatic heterocycles. The lowest BCUT2D eigenvalue weighted by molar-refractivity contribution is 0.0660. The van der Waals surface area contributed by atoms with Crippen LogP contribution in [0.3, 0.4) is 0 Å². The van der Waals surface area contributed by atoms with Crippen LogP contribution in [-0.2, 0) is 4.74 Å². The van der Waals surface area contributed by atoms with Gasteiger partial charge in [0.15, 0.2) is 0 Å². The quantitative estimate of drug-likeness (QED) is 0.756. The van der Waals surface area contributed by atoms with E-state index in [-0.39, 0.29) is 12.1 Å². The van der Waals surface area contributed by atoms with E-state index < -0.39 is 0 Å². The fourth-order valence-corrected chi connectivity index (χ4v) is 1.60. The Morgan fingerprint density at radius 1 is 1.53 bits per heavy atom. The summed E-state index contributed by atoms with van der Waals surface area (Å²) in [6.07, 6.45) is -0.176. The van der Waals surface area contributed by atoms with Crippen molar-refractivity contribution in [1.82, 2.24) is 10.2 Å². The fraction of sp³-hybridized carbons (Fsp3) is 0.909. The molecular weight excluding hydrogens is 192 g/mol. The second-order valence-corrected chi connectivity index (χ2v) is 4.78. The zero-order valence-corrected chi connectivity index (χ0v) is 10.1. The van der Waals surface area contributed by atoms with Crippen LogP contribution >= 0.6 is 0 Å². The van der Waals surface area contributed by atoms with E-state index in [1.807, 2.05) is 25.7 Å². The standard InChI is InChI=1S/C11H22N2O2/c1-8(2)7-15-11(14)13-6-9(3)12-5-10(13)4/h8-10,12H,5-7H2,1-4H3. The SMILES string of the molecule is CC(C)COC(=O)N1CC(C)NCC1C. The lowest BCUT2D eigenvalue weighted by atomic mass is 10.1. The second-order valence-electron chi connectivity index (χ2n) is 4.78. The van der Waals surface area contributed by atoms with E-state index in [4.69, 9.17) is 4.74 Å². The van der Waals surface area contributed by atoms with Gasteiger partial charge in [-0.05, 0) is 19.8 Å². The molecule has 1 aliphatic heterocycles. The highest BCUT2D eigenvalue weighted by atomic mass is 16.6. The third-order valence-corrected chi connectivity index (χ3v) is 2.54. The zero-order chi connectivity index (χ0) is 11.4. The minimum Gasteiger partial charge on any atom is -0.449 e. The fourth-order valence-electron chi connectivity index (χ4n) is 1.60. The first kappa shape index (κ1) is 12.3. The Balaban J connectivity index is 2.42. The first-order valence-electron chi connectivity index (χ1n) is 5.67. The van der Waals surface area contributed by atoms with Gasteiger partial charge in [0.2, 0.25) is 0 Å². The first-order valence-corrected chi connectivity index (χ1v) is 5.67. The molecular formula is C11H22N2O2. The summed E-state index contributed by atoms with van der Waals surface area (Å²) in [5.74, 6) is 0.393. The van der Waals surface area contributed by atoms with E-state index in [0.717, 1.165) is 13.1 Å². The van der Waals surface area contributed by atoms with Crippen molar-refractivity contribution >= 4 is 6.09 Å². The van der Waals surface area contributed by atoms with E-state index in [1.54, 1.807) is 0 Å². The molecule has 1 rings (SSSR count). The maximum Gasteiger partial charge on any atom is 0.410 e. The van der Waals surface area contributed by atoms with Crippen LogP contribution in [0.1, 0.15) is 27.7 Å². The number of carbonyl (C=O) groups is 1. The van der Waals surface area contributed by atoms with Gasteiger partial charge in [-0.1, -0.05) is 13.8 Å². The normalized spacial score (nSPS) is 26.9. The van der Waals surface area contributed by atoms with Gasteiger partial charge >= 0.3 is 6.09 Å². The molecule has 15 heavy (non-hydrogen) atoms. The Hall–Kier alpha value is -0.770. The molecule has 2 unspecified atom stereocenters. The number of ether oxygens (including phenoxy) is 1. The lowest BCUT2D eigenvalue weighted by Gasteiger charge is -2.36. The Morgan fingerprint density at radius 2 is 2.20 bits per heavy atom. The lowest BCUT2D eigenvalue weighted by Crippen LogP contribution is -2.56. The predicted molar refractivity (Wildman–Crippen MR) is 59.8 cm³/mol. The van der Waals surface area contributed by atoms with Crippen LogP contribution < -0.4 is 5.32 Å². The number of nitrogens with zero attached hydrogens (tertiary/aromatic N) is 1. The zero-order valence-electron chi connectivity index (χ0n) is 10.1. The van der Waals surface area contributed by atoms with Crippen LogP contribution in [0.4, 0.5) is 4.79 Å². The van der Waals surface area contributed by atoms with Crippen LogP contribution in [0, 0.1) is 5.92 Å². The molecule has 1 aliphatic rings. The second kappa shape index (κ2) is 5.35. The molecule has 0 saturated carbocycles. The highest BCUT2D eigenvalue weighted by Crippen LogP contribution is 2.09. The highest BCUT2D eigenvalue weighted by molar-refractivity contribution is 5.68. The molecule has 0 aliphatic carbocycles. The molecule has 0 aromatic rings. The summed E-state index contributed by atoms with van der Waals surface area (Å²) in [4.78, 5) is 13.5. The van der Waals surface area contributed by atoms with Crippen molar-refractivity contribution in [2.24, 2.45) is 5.92 Å². The monoisotopic (exact) mass is 214 g/mol. The molecule has 1 fully saturated rings. The minimum atomic E-state index is -0.176. The van der Waals surface area contributed by atoms with Gasteiger partial charge in [-0.3, -0.25) is 0 Å². The van der Waals surface area contributed by atoms with Crippen LogP contribution in [0.5, 0.6) is 0 Å². The molecule has 88 valence electrons. The topological polar surface area (TPSA) is 41.6 Å². The Bertz CT molecular complexity index is 219. The van der Waals surface area contributed by atoms with Crippen LogP contribution in [0.15, 0.2) is 0 Å². The number of carbonyl (C=O) groups excluding carboxylic acids is 1. The highest BCUT2D eigenvalue weighted by Gasteiger charge is 2.27. The molecule has 1 heterocycles. The summed E-state index contributed by atoms with van der Waals surface area (Å²) >= 11 is 0. The predicted octanol–water partition coefficient (Wildman–Crippen LogP) is 1.46. The van der Waals surface area contributed by atoms with Gasteiger partial charge in [-0.15, -0.1) is 0 Å². The summed E-state index contributed by atoms with van der Waals surface area (Å²) in [6.45, 7) is 10.3. The number of piperazine rings is 1. The van der Waals surface area contributed by atoms with Crippen molar-refractivity contribution in [1.29, 1.82) is 0 Å². The van der Waals surface area contributed by atoms with Gasteiger partial charge < -0.3 is 15.0 Å². The molecule has 0 aromatic carbocycles. The molecule has 4 nitrogen and oxygen atoms in total. The number of rotatable bonds is 2. The van der Waals surface area contributed by atoms with Gasteiger partial charge in [0.25, 0.3) is 0 Å².